The predicted octanol–water partition coefficient (Wildman–Crippen LogP) is 14.1. The normalized spacial score (nSPS) is 15.9. The number of hydrogen-bond acceptors (Lipinski definition) is 4. The van der Waals surface area contributed by atoms with Crippen LogP contribution in [0.5, 0.6) is 0 Å². The maximum atomic E-state index is 6.59. The van der Waals surface area contributed by atoms with Crippen LogP contribution in [0.2, 0.25) is 0 Å². The number of fused-ring (bicyclic) bond motifs is 10. The third kappa shape index (κ3) is 5.03. The summed E-state index contributed by atoms with van der Waals surface area (Å²) in [7, 11) is 0. The fraction of sp³-hybridized carbons (Fsp3) is 0.0566. The van der Waals surface area contributed by atoms with Crippen LogP contribution in [0.1, 0.15) is 30.0 Å². The molecule has 8 aromatic carbocycles. The van der Waals surface area contributed by atoms with E-state index in [1.54, 1.807) is 0 Å². The molecule has 1 atom stereocenters. The number of para-hydroxylation sites is 3. The molecule has 274 valence electrons. The molecular formula is C53H35N3O2. The van der Waals surface area contributed by atoms with Crippen LogP contribution in [-0.2, 0) is 0 Å². The summed E-state index contributed by atoms with van der Waals surface area (Å²) < 4.78 is 15.4. The first kappa shape index (κ1) is 32.7. The van der Waals surface area contributed by atoms with Crippen LogP contribution in [0.15, 0.2) is 195 Å². The molecule has 1 unspecified atom stereocenters. The van der Waals surface area contributed by atoms with E-state index in [9.17, 15) is 0 Å². The minimum atomic E-state index is 0.0643. The van der Waals surface area contributed by atoms with E-state index < -0.39 is 0 Å². The minimum absolute atomic E-state index is 0.0643. The molecule has 58 heavy (non-hydrogen) atoms. The van der Waals surface area contributed by atoms with Crippen molar-refractivity contribution in [1.29, 1.82) is 0 Å². The highest BCUT2D eigenvalue weighted by Crippen LogP contribution is 2.43. The Labute approximate surface area is 333 Å². The van der Waals surface area contributed by atoms with Gasteiger partial charge in [0.15, 0.2) is 5.84 Å². The van der Waals surface area contributed by atoms with Gasteiger partial charge in [-0.2, -0.15) is 0 Å². The first-order valence-corrected chi connectivity index (χ1v) is 19.9. The van der Waals surface area contributed by atoms with E-state index in [1.807, 2.05) is 30.3 Å². The van der Waals surface area contributed by atoms with Gasteiger partial charge in [-0.15, -0.1) is 0 Å². The number of benzene rings is 8. The summed E-state index contributed by atoms with van der Waals surface area (Å²) in [4.78, 5) is 11.1. The molecule has 3 aromatic heterocycles. The molecule has 0 saturated heterocycles. The standard InChI is InChI=1S/C53H35N3O2/c1-32-23-26-42(54-53(33-13-3-2-4-14-33)55-52(32)36-24-25-39-38-18-8-11-21-46(38)58-49(39)31-36)51-44(27-28-48-50(51)40-19-9-12-22-47(40)57-48)56-43-20-10-7-17-37(43)41-29-34-15-5-6-16-35(34)30-45(41)56/h2-22,24-32H,23H2,1H3/b42-26+,54-53?,55-52?. The van der Waals surface area contributed by atoms with Crippen molar-refractivity contribution >= 4 is 93.7 Å². The van der Waals surface area contributed by atoms with Crippen LogP contribution < -0.4 is 0 Å². The number of furan rings is 2. The lowest BCUT2D eigenvalue weighted by Crippen LogP contribution is -2.17. The fourth-order valence-electron chi connectivity index (χ4n) is 9.08. The molecule has 1 aliphatic heterocycles. The Morgan fingerprint density at radius 3 is 2.02 bits per heavy atom. The van der Waals surface area contributed by atoms with Crippen molar-refractivity contribution in [3.05, 3.63) is 193 Å². The van der Waals surface area contributed by atoms with E-state index in [0.29, 0.717) is 5.84 Å². The van der Waals surface area contributed by atoms with Gasteiger partial charge < -0.3 is 13.4 Å². The number of nitrogens with zero attached hydrogens (tertiary/aromatic N) is 3. The molecule has 5 nitrogen and oxygen atoms in total. The first-order chi connectivity index (χ1) is 28.7. The van der Waals surface area contributed by atoms with Crippen molar-refractivity contribution in [2.45, 2.75) is 13.3 Å². The number of hydrogen-bond donors (Lipinski definition) is 0. The molecule has 0 radical (unpaired) electrons. The zero-order valence-corrected chi connectivity index (χ0v) is 31.7. The molecule has 0 N–H and O–H groups in total. The third-order valence-electron chi connectivity index (χ3n) is 11.8. The number of allylic oxidation sites excluding steroid dienone is 1. The second-order valence-corrected chi connectivity index (χ2v) is 15.3. The van der Waals surface area contributed by atoms with Crippen LogP contribution in [-0.4, -0.2) is 16.1 Å². The predicted molar refractivity (Wildman–Crippen MR) is 241 cm³/mol. The van der Waals surface area contributed by atoms with Gasteiger partial charge in [0.25, 0.3) is 0 Å². The van der Waals surface area contributed by atoms with E-state index in [2.05, 4.69) is 157 Å². The lowest BCUT2D eigenvalue weighted by molar-refractivity contribution is 0.668. The average Bonchev–Trinajstić information content (AvgIpc) is 3.93. The maximum Gasteiger partial charge on any atom is 0.160 e. The molecule has 12 rings (SSSR count). The summed E-state index contributed by atoms with van der Waals surface area (Å²) >= 11 is 0. The summed E-state index contributed by atoms with van der Waals surface area (Å²) in [6.07, 6.45) is 3.03. The fourth-order valence-corrected chi connectivity index (χ4v) is 9.08. The molecule has 11 aromatic rings. The topological polar surface area (TPSA) is 55.9 Å². The smallest absolute Gasteiger partial charge is 0.160 e. The summed E-state index contributed by atoms with van der Waals surface area (Å²) in [6, 6.07) is 59.7. The Kier molecular flexibility index (Phi) is 7.20. The second kappa shape index (κ2) is 12.8. The van der Waals surface area contributed by atoms with Crippen LogP contribution in [0.25, 0.3) is 87.8 Å². The quantitative estimate of drug-likeness (QED) is 0.180. The Balaban J connectivity index is 1.14. The van der Waals surface area contributed by atoms with Crippen LogP contribution in [0.3, 0.4) is 0 Å². The maximum absolute atomic E-state index is 6.59. The monoisotopic (exact) mass is 745 g/mol. The van der Waals surface area contributed by atoms with Crippen LogP contribution in [0, 0.1) is 5.92 Å². The molecule has 0 spiro atoms. The summed E-state index contributed by atoms with van der Waals surface area (Å²) in [5, 5.41) is 9.13. The summed E-state index contributed by atoms with van der Waals surface area (Å²) in [5.41, 5.74) is 11.5. The van der Waals surface area contributed by atoms with Gasteiger partial charge in [0.2, 0.25) is 0 Å². The Morgan fingerprint density at radius 2 is 1.17 bits per heavy atom. The summed E-state index contributed by atoms with van der Waals surface area (Å²) in [5.74, 6) is 0.719. The molecule has 1 aliphatic rings. The lowest BCUT2D eigenvalue weighted by Gasteiger charge is -2.20. The molecule has 0 saturated carbocycles. The van der Waals surface area contributed by atoms with Crippen molar-refractivity contribution in [2.75, 3.05) is 0 Å². The Bertz CT molecular complexity index is 3560. The molecule has 0 amide bonds. The van der Waals surface area contributed by atoms with Crippen molar-refractivity contribution < 1.29 is 8.83 Å². The zero-order chi connectivity index (χ0) is 38.3. The molecule has 4 heterocycles. The highest BCUT2D eigenvalue weighted by molar-refractivity contribution is 6.19. The number of aliphatic imine (C=N–C) groups is 2. The van der Waals surface area contributed by atoms with Gasteiger partial charge >= 0.3 is 0 Å². The zero-order valence-electron chi connectivity index (χ0n) is 31.7. The summed E-state index contributed by atoms with van der Waals surface area (Å²) in [6.45, 7) is 2.26. The third-order valence-corrected chi connectivity index (χ3v) is 11.8. The molecular weight excluding hydrogens is 711 g/mol. The number of rotatable bonds is 4. The highest BCUT2D eigenvalue weighted by Gasteiger charge is 2.25. The largest absolute Gasteiger partial charge is 0.456 e. The van der Waals surface area contributed by atoms with E-state index in [4.69, 9.17) is 18.8 Å². The van der Waals surface area contributed by atoms with E-state index >= 15 is 0 Å². The van der Waals surface area contributed by atoms with Crippen LogP contribution in [0.4, 0.5) is 0 Å². The van der Waals surface area contributed by atoms with Gasteiger partial charge in [0.1, 0.15) is 22.3 Å². The van der Waals surface area contributed by atoms with E-state index in [-0.39, 0.29) is 5.92 Å². The average molecular weight is 746 g/mol. The molecule has 0 aliphatic carbocycles. The van der Waals surface area contributed by atoms with Gasteiger partial charge in [-0.05, 0) is 71.8 Å². The van der Waals surface area contributed by atoms with Gasteiger partial charge in [-0.3, -0.25) is 0 Å². The second-order valence-electron chi connectivity index (χ2n) is 15.3. The minimum Gasteiger partial charge on any atom is -0.456 e. The number of amidine groups is 1. The number of aromatic nitrogens is 1. The first-order valence-electron chi connectivity index (χ1n) is 19.9. The van der Waals surface area contributed by atoms with Gasteiger partial charge in [0, 0.05) is 54.9 Å². The van der Waals surface area contributed by atoms with Gasteiger partial charge in [0.05, 0.1) is 28.1 Å². The van der Waals surface area contributed by atoms with Crippen LogP contribution >= 0.6 is 0 Å². The van der Waals surface area contributed by atoms with Gasteiger partial charge in [-0.25, -0.2) is 9.98 Å². The van der Waals surface area contributed by atoms with Crippen molar-refractivity contribution in [2.24, 2.45) is 15.9 Å². The van der Waals surface area contributed by atoms with E-state index in [1.165, 1.54) is 21.5 Å². The van der Waals surface area contributed by atoms with Crippen molar-refractivity contribution in [3.63, 3.8) is 0 Å². The van der Waals surface area contributed by atoms with E-state index in [0.717, 1.165) is 95.1 Å². The van der Waals surface area contributed by atoms with Crippen molar-refractivity contribution in [3.8, 4) is 5.69 Å². The SMILES string of the molecule is CC1C/C=C(\c2c(-n3c4ccccc4c4cc5ccccc5cc43)ccc3oc4ccccc4c23)N=C(c2ccccc2)N=C1c1ccc2c(c1)oc1ccccc12. The van der Waals surface area contributed by atoms with Crippen molar-refractivity contribution in [1.82, 2.24) is 4.57 Å². The lowest BCUT2D eigenvalue weighted by atomic mass is 9.92. The highest BCUT2D eigenvalue weighted by atomic mass is 16.3. The molecule has 0 bridgehead atoms. The molecule has 5 heteroatoms. The Morgan fingerprint density at radius 1 is 0.500 bits per heavy atom. The molecule has 0 fully saturated rings. The van der Waals surface area contributed by atoms with Gasteiger partial charge in [-0.1, -0.05) is 128 Å². The Hall–Kier alpha value is -7.50.